The van der Waals surface area contributed by atoms with Crippen LogP contribution in [0.4, 0.5) is 0 Å². The highest BCUT2D eigenvalue weighted by molar-refractivity contribution is 5.82. The van der Waals surface area contributed by atoms with Crippen LogP contribution in [0.2, 0.25) is 0 Å². The van der Waals surface area contributed by atoms with E-state index in [1.54, 1.807) is 0 Å². The molecule has 9 nitrogen and oxygen atoms in total. The summed E-state index contributed by atoms with van der Waals surface area (Å²) in [5.74, 6) is 0.741. The first kappa shape index (κ1) is 42.6. The number of hydrogen-bond donors (Lipinski definition) is 7. The second-order valence-electron chi connectivity index (χ2n) is 23.1. The Kier molecular flexibility index (Phi) is 11.3. The van der Waals surface area contributed by atoms with Crippen molar-refractivity contribution in [1.82, 2.24) is 0 Å². The molecule has 23 atom stereocenters. The fourth-order valence-corrected chi connectivity index (χ4v) is 18.1. The lowest BCUT2D eigenvalue weighted by Gasteiger charge is -2.65. The third-order valence-corrected chi connectivity index (χ3v) is 21.2. The van der Waals surface area contributed by atoms with Crippen molar-refractivity contribution in [3.05, 3.63) is 0 Å². The van der Waals surface area contributed by atoms with Crippen LogP contribution in [-0.2, 0) is 9.59 Å². The van der Waals surface area contributed by atoms with Gasteiger partial charge in [-0.15, -0.1) is 0 Å². The van der Waals surface area contributed by atoms with Crippen LogP contribution >= 0.6 is 0 Å². The van der Waals surface area contributed by atoms with Crippen molar-refractivity contribution < 1.29 is 45.3 Å². The summed E-state index contributed by atoms with van der Waals surface area (Å²) in [5.41, 5.74) is -1.17. The smallest absolute Gasteiger partial charge is 0.303 e. The number of hydrogen-bond acceptors (Lipinski definition) is 8. The fraction of sp³-hybridized carbons (Fsp3) is 0.958. The number of rotatable bonds is 9. The number of carboxylic acids is 1. The maximum Gasteiger partial charge on any atom is 0.303 e. The lowest BCUT2D eigenvalue weighted by atomic mass is 9.40. The number of carboxylic acid groups (broad SMARTS) is 1. The predicted octanol–water partition coefficient (Wildman–Crippen LogP) is 6.62. The Bertz CT molecular complexity index is 1520. The number of fused-ring (bicyclic) bond motifs is 10. The van der Waals surface area contributed by atoms with Crippen LogP contribution in [0.15, 0.2) is 0 Å². The van der Waals surface area contributed by atoms with E-state index >= 15 is 0 Å². The van der Waals surface area contributed by atoms with Crippen LogP contribution in [-0.4, -0.2) is 84.1 Å². The van der Waals surface area contributed by atoms with E-state index in [1.165, 1.54) is 0 Å². The first-order chi connectivity index (χ1) is 26.8. The van der Waals surface area contributed by atoms with Crippen molar-refractivity contribution in [3.8, 4) is 0 Å². The molecular formula is C48H78O9. The Hall–Kier alpha value is -1.10. The zero-order valence-electron chi connectivity index (χ0n) is 35.9. The summed E-state index contributed by atoms with van der Waals surface area (Å²) in [6.07, 6.45) is 8.67. The van der Waals surface area contributed by atoms with Gasteiger partial charge in [0.25, 0.3) is 0 Å². The lowest BCUT2D eigenvalue weighted by molar-refractivity contribution is -0.221. The summed E-state index contributed by atoms with van der Waals surface area (Å²) in [7, 11) is 0. The minimum atomic E-state index is -0.794. The largest absolute Gasteiger partial charge is 0.481 e. The molecule has 0 aliphatic heterocycles. The standard InChI is InChI=1S/C48H78O9/c1-24(30-9-11-32-43-35(22-40(54)47(30,32)5)45(3)16-15-28(49)17-26(45)19-38(43)52)7-13-37(51)34-21-29(50)18-27-20-39(53)44-33-12-10-31(25(2)8-14-42(56)57)48(33,6)41(55)23-36(44)46(27,34)4/h24-36,38-41,43-44,49-50,52-55H,7-23H2,1-6H3,(H,56,57). The number of Topliss-reactive ketones (excluding diaryl/α,β-unsaturated/α-hetero) is 1. The lowest BCUT2D eigenvalue weighted by Crippen LogP contribution is -2.65. The van der Waals surface area contributed by atoms with Gasteiger partial charge < -0.3 is 35.7 Å². The van der Waals surface area contributed by atoms with E-state index in [2.05, 4.69) is 41.5 Å². The summed E-state index contributed by atoms with van der Waals surface area (Å²) in [6.45, 7) is 13.5. The van der Waals surface area contributed by atoms with Gasteiger partial charge >= 0.3 is 5.97 Å². The highest BCUT2D eigenvalue weighted by Gasteiger charge is 2.69. The zero-order valence-corrected chi connectivity index (χ0v) is 35.9. The Morgan fingerprint density at radius 2 is 1.07 bits per heavy atom. The molecule has 0 saturated heterocycles. The molecule has 0 aromatic heterocycles. The molecule has 7 N–H and O–H groups in total. The van der Waals surface area contributed by atoms with Gasteiger partial charge in [0.05, 0.1) is 36.6 Å². The van der Waals surface area contributed by atoms with E-state index in [-0.39, 0.29) is 106 Å². The average molecular weight is 799 g/mol. The van der Waals surface area contributed by atoms with Crippen LogP contribution in [0.25, 0.3) is 0 Å². The summed E-state index contributed by atoms with van der Waals surface area (Å²) in [6, 6.07) is 0. The number of aliphatic hydroxyl groups is 6. The molecule has 0 bridgehead atoms. The number of carbonyl (C=O) groups excluding carboxylic acids is 1. The molecule has 0 spiro atoms. The van der Waals surface area contributed by atoms with Gasteiger partial charge in [0, 0.05) is 18.8 Å². The molecule has 0 heterocycles. The Labute approximate surface area is 342 Å². The molecule has 57 heavy (non-hydrogen) atoms. The summed E-state index contributed by atoms with van der Waals surface area (Å²) < 4.78 is 0. The first-order valence-corrected chi connectivity index (χ1v) is 23.6. The second-order valence-corrected chi connectivity index (χ2v) is 23.1. The third kappa shape index (κ3) is 6.40. The van der Waals surface area contributed by atoms with Gasteiger partial charge in [-0.25, -0.2) is 0 Å². The summed E-state index contributed by atoms with van der Waals surface area (Å²) >= 11 is 0. The topological polar surface area (TPSA) is 176 Å². The molecule has 8 aliphatic carbocycles. The second kappa shape index (κ2) is 15.1. The maximum atomic E-state index is 14.8. The quantitative estimate of drug-likeness (QED) is 0.135. The normalized spacial score (nSPS) is 55.3. The summed E-state index contributed by atoms with van der Waals surface area (Å²) in [4.78, 5) is 26.2. The third-order valence-electron chi connectivity index (χ3n) is 21.2. The Morgan fingerprint density at radius 1 is 0.561 bits per heavy atom. The van der Waals surface area contributed by atoms with E-state index in [0.29, 0.717) is 44.9 Å². The van der Waals surface area contributed by atoms with Crippen LogP contribution in [0.3, 0.4) is 0 Å². The molecule has 8 fully saturated rings. The van der Waals surface area contributed by atoms with Crippen molar-refractivity contribution in [2.45, 2.75) is 187 Å². The molecule has 9 heteroatoms. The van der Waals surface area contributed by atoms with Crippen LogP contribution in [0.5, 0.6) is 0 Å². The van der Waals surface area contributed by atoms with Gasteiger partial charge in [-0.05, 0) is 189 Å². The summed E-state index contributed by atoms with van der Waals surface area (Å²) in [5, 5.41) is 79.2. The zero-order chi connectivity index (χ0) is 41.1. The molecule has 8 saturated carbocycles. The van der Waals surface area contributed by atoms with Gasteiger partial charge in [0.15, 0.2) is 0 Å². The molecule has 0 aromatic rings. The minimum Gasteiger partial charge on any atom is -0.481 e. The molecule has 8 aliphatic rings. The van der Waals surface area contributed by atoms with E-state index in [0.717, 1.165) is 57.8 Å². The molecule has 23 unspecified atom stereocenters. The minimum absolute atomic E-state index is 0.0113. The van der Waals surface area contributed by atoms with E-state index < -0.39 is 47.3 Å². The fourth-order valence-electron chi connectivity index (χ4n) is 18.1. The Morgan fingerprint density at radius 3 is 1.65 bits per heavy atom. The van der Waals surface area contributed by atoms with Gasteiger partial charge in [-0.1, -0.05) is 41.5 Å². The highest BCUT2D eigenvalue weighted by atomic mass is 16.4. The van der Waals surface area contributed by atoms with E-state index in [1.807, 2.05) is 0 Å². The molecule has 8 rings (SSSR count). The Balaban J connectivity index is 0.984. The number of carbonyl (C=O) groups is 2. The van der Waals surface area contributed by atoms with Gasteiger partial charge in [-0.3, -0.25) is 9.59 Å². The predicted molar refractivity (Wildman–Crippen MR) is 216 cm³/mol. The number of ketones is 1. The van der Waals surface area contributed by atoms with Crippen molar-refractivity contribution in [2.24, 2.45) is 98.6 Å². The van der Waals surface area contributed by atoms with Crippen molar-refractivity contribution in [3.63, 3.8) is 0 Å². The molecule has 324 valence electrons. The maximum absolute atomic E-state index is 14.8. The van der Waals surface area contributed by atoms with Crippen LogP contribution < -0.4 is 0 Å². The van der Waals surface area contributed by atoms with Crippen molar-refractivity contribution in [2.75, 3.05) is 0 Å². The molecule has 0 aromatic carbocycles. The monoisotopic (exact) mass is 799 g/mol. The van der Waals surface area contributed by atoms with Crippen LogP contribution in [0, 0.1) is 98.6 Å². The van der Waals surface area contributed by atoms with Crippen LogP contribution in [0.1, 0.15) is 151 Å². The van der Waals surface area contributed by atoms with Gasteiger partial charge in [-0.2, -0.15) is 0 Å². The molecule has 0 radical (unpaired) electrons. The molecular weight excluding hydrogens is 721 g/mol. The van der Waals surface area contributed by atoms with Crippen molar-refractivity contribution in [1.29, 1.82) is 0 Å². The highest BCUT2D eigenvalue weighted by Crippen LogP contribution is 2.71. The average Bonchev–Trinajstić information content (AvgIpc) is 3.70. The SMILES string of the molecule is CC(CCC(=O)C1CC(O)CC2CC(O)C3C(CC(O)C4(C)C(C(C)CCC(=O)O)CCC34)C21C)C1CCC2C3C(O)CC4CC(O)CCC4(C)C3CC(O)C12C. The van der Waals surface area contributed by atoms with E-state index in [4.69, 9.17) is 0 Å². The van der Waals surface area contributed by atoms with Crippen molar-refractivity contribution >= 4 is 11.8 Å². The molecule has 0 amide bonds. The van der Waals surface area contributed by atoms with Gasteiger partial charge in [0.1, 0.15) is 5.78 Å². The number of aliphatic carboxylic acids is 1. The van der Waals surface area contributed by atoms with E-state index in [9.17, 15) is 45.3 Å². The number of aliphatic hydroxyl groups excluding tert-OH is 6. The first-order valence-electron chi connectivity index (χ1n) is 23.6. The van der Waals surface area contributed by atoms with Gasteiger partial charge in [0.2, 0.25) is 0 Å².